The van der Waals surface area contributed by atoms with E-state index >= 15 is 0 Å². The first kappa shape index (κ1) is 29.0. The van der Waals surface area contributed by atoms with Crippen LogP contribution in [0.2, 0.25) is 0 Å². The van der Waals surface area contributed by atoms with Gasteiger partial charge in [-0.15, -0.1) is 0 Å². The maximum absolute atomic E-state index is 13.8. The van der Waals surface area contributed by atoms with Crippen molar-refractivity contribution in [2.75, 3.05) is 13.6 Å². The van der Waals surface area contributed by atoms with Crippen molar-refractivity contribution in [3.05, 3.63) is 70.8 Å². The summed E-state index contributed by atoms with van der Waals surface area (Å²) < 4.78 is 11.3. The number of rotatable bonds is 10. The largest absolute Gasteiger partial charge is 0.351 e. The molecule has 0 bridgehead atoms. The van der Waals surface area contributed by atoms with Crippen molar-refractivity contribution < 1.29 is 28.7 Å². The predicted molar refractivity (Wildman–Crippen MR) is 147 cm³/mol. The molecule has 5 N–H and O–H groups in total. The first-order valence-corrected chi connectivity index (χ1v) is 15.1. The Morgan fingerprint density at radius 3 is 2.23 bits per heavy atom. The molecule has 39 heavy (non-hydrogen) atoms. The number of likely N-dealkylation sites (N-methyl/N-ethyl adjacent to an activating group) is 1. The molecule has 10 nitrogen and oxygen atoms in total. The van der Waals surface area contributed by atoms with E-state index in [1.807, 2.05) is 12.1 Å². The molecule has 0 aromatic heterocycles. The molecule has 0 saturated carbocycles. The molecule has 2 aliphatic rings. The number of amides is 3. The molecule has 4 rings (SSSR count). The van der Waals surface area contributed by atoms with Gasteiger partial charge in [-0.3, -0.25) is 18.9 Å². The average Bonchev–Trinajstić information content (AvgIpc) is 3.54. The number of nitrogens with zero attached hydrogens (tertiary/aromatic N) is 1. The summed E-state index contributed by atoms with van der Waals surface area (Å²) in [5.41, 5.74) is 3.67. The third kappa shape index (κ3) is 7.54. The van der Waals surface area contributed by atoms with Gasteiger partial charge in [0.1, 0.15) is 12.1 Å². The second-order valence-corrected chi connectivity index (χ2v) is 12.1. The van der Waals surface area contributed by atoms with Gasteiger partial charge in [0.25, 0.3) is 0 Å². The molecule has 0 unspecified atom stereocenters. The van der Waals surface area contributed by atoms with Crippen LogP contribution in [0.1, 0.15) is 42.0 Å². The Kier molecular flexibility index (Phi) is 9.23. The molecular weight excluding hydrogens is 519 g/mol. The Hall–Kier alpha value is -3.04. The van der Waals surface area contributed by atoms with Crippen LogP contribution in [0.5, 0.6) is 0 Å². The molecule has 0 radical (unpaired) electrons. The highest BCUT2D eigenvalue weighted by molar-refractivity contribution is 7.50. The van der Waals surface area contributed by atoms with Crippen LogP contribution in [0.25, 0.3) is 0 Å². The highest BCUT2D eigenvalue weighted by Gasteiger charge is 2.39. The summed E-state index contributed by atoms with van der Waals surface area (Å²) in [6.45, 7) is 2.12. The van der Waals surface area contributed by atoms with E-state index < -0.39 is 25.7 Å². The van der Waals surface area contributed by atoms with E-state index in [-0.39, 0.29) is 36.3 Å². The van der Waals surface area contributed by atoms with Crippen LogP contribution in [-0.4, -0.2) is 70.2 Å². The van der Waals surface area contributed by atoms with Gasteiger partial charge in [0.2, 0.25) is 17.7 Å². The molecule has 1 aliphatic carbocycles. The summed E-state index contributed by atoms with van der Waals surface area (Å²) in [6.07, 6.45) is 2.59. The van der Waals surface area contributed by atoms with Gasteiger partial charge in [-0.25, -0.2) is 0 Å². The minimum Gasteiger partial charge on any atom is -0.351 e. The second kappa shape index (κ2) is 12.4. The molecule has 210 valence electrons. The maximum Gasteiger partial charge on any atom is 0.329 e. The van der Waals surface area contributed by atoms with Gasteiger partial charge in [0.05, 0.1) is 12.2 Å². The zero-order valence-corrected chi connectivity index (χ0v) is 23.2. The monoisotopic (exact) mass is 556 g/mol. The number of nitrogens with one attached hydrogen (secondary N) is 3. The van der Waals surface area contributed by atoms with Gasteiger partial charge < -0.3 is 30.6 Å². The maximum atomic E-state index is 13.8. The van der Waals surface area contributed by atoms with E-state index in [9.17, 15) is 28.7 Å². The van der Waals surface area contributed by atoms with Crippen molar-refractivity contribution >= 4 is 25.3 Å². The topological polar surface area (TPSA) is 148 Å². The summed E-state index contributed by atoms with van der Waals surface area (Å²) in [4.78, 5) is 59.9. The number of likely N-dealkylation sites (tertiary alicyclic amines) is 1. The summed E-state index contributed by atoms with van der Waals surface area (Å²) >= 11 is 0. The molecule has 1 heterocycles. The number of carbonyl (C=O) groups is 3. The van der Waals surface area contributed by atoms with E-state index in [2.05, 4.69) is 28.1 Å². The van der Waals surface area contributed by atoms with Gasteiger partial charge in [0.15, 0.2) is 0 Å². The van der Waals surface area contributed by atoms with Crippen molar-refractivity contribution in [2.45, 2.75) is 69.4 Å². The van der Waals surface area contributed by atoms with Crippen molar-refractivity contribution in [3.8, 4) is 0 Å². The van der Waals surface area contributed by atoms with E-state index in [0.717, 1.165) is 18.4 Å². The Labute approximate surface area is 228 Å². The minimum absolute atomic E-state index is 0.00825. The average molecular weight is 557 g/mol. The number of carbonyl (C=O) groups excluding carboxylic acids is 3. The van der Waals surface area contributed by atoms with E-state index in [4.69, 9.17) is 0 Å². The van der Waals surface area contributed by atoms with Crippen LogP contribution < -0.4 is 16.0 Å². The number of hydrogen-bond donors (Lipinski definition) is 5. The van der Waals surface area contributed by atoms with E-state index in [0.29, 0.717) is 24.9 Å². The van der Waals surface area contributed by atoms with Crippen LogP contribution >= 0.6 is 7.60 Å². The smallest absolute Gasteiger partial charge is 0.329 e. The lowest BCUT2D eigenvalue weighted by atomic mass is 10.0. The van der Waals surface area contributed by atoms with Crippen LogP contribution in [0, 0.1) is 0 Å². The lowest BCUT2D eigenvalue weighted by Crippen LogP contribution is -2.56. The normalized spacial score (nSPS) is 18.9. The van der Waals surface area contributed by atoms with Crippen molar-refractivity contribution in [3.63, 3.8) is 0 Å². The Balaban J connectivity index is 1.46. The standard InChI is InChI=1S/C28H37N4O6P/c1-18(29-2)26(33)31-24(14-19-9-11-20(12-10-19)17-39(36,37)38)28(35)32-13-5-8-25(32)27(34)30-23-15-21-6-3-4-7-22(21)16-23/h3-4,6-7,9-12,18,23-25,29H,5,8,13-17H2,1-2H3,(H,30,34)(H,31,33)(H2,36,37,38)/t18-,24-,25-/m0/s1. The van der Waals surface area contributed by atoms with Crippen molar-refractivity contribution in [1.82, 2.24) is 20.9 Å². The molecule has 2 aromatic rings. The van der Waals surface area contributed by atoms with Crippen LogP contribution in [0.3, 0.4) is 0 Å². The molecule has 11 heteroatoms. The molecule has 1 saturated heterocycles. The Bertz CT molecular complexity index is 1220. The second-order valence-electron chi connectivity index (χ2n) is 10.5. The fourth-order valence-electron chi connectivity index (χ4n) is 5.34. The highest BCUT2D eigenvalue weighted by Crippen LogP contribution is 2.39. The Morgan fingerprint density at radius 1 is 1.03 bits per heavy atom. The SMILES string of the molecule is CN[C@@H](C)C(=O)N[C@@H](Cc1ccc(CP(=O)(O)O)cc1)C(=O)N1CCC[C@H]1C(=O)NC1Cc2ccccc2C1. The fourth-order valence-corrected chi connectivity index (χ4v) is 6.03. The molecule has 1 aliphatic heterocycles. The molecule has 2 aromatic carbocycles. The lowest BCUT2D eigenvalue weighted by molar-refractivity contribution is -0.141. The van der Waals surface area contributed by atoms with Gasteiger partial charge in [-0.05, 0) is 61.9 Å². The van der Waals surface area contributed by atoms with Gasteiger partial charge in [-0.2, -0.15) is 0 Å². The molecule has 3 atom stereocenters. The molecule has 0 spiro atoms. The van der Waals surface area contributed by atoms with Crippen LogP contribution in [-0.2, 0) is 44.4 Å². The summed E-state index contributed by atoms with van der Waals surface area (Å²) in [5, 5.41) is 8.85. The minimum atomic E-state index is -4.20. The Morgan fingerprint density at radius 2 is 1.64 bits per heavy atom. The number of benzene rings is 2. The summed E-state index contributed by atoms with van der Waals surface area (Å²) in [6, 6.07) is 12.7. The molecular formula is C28H37N4O6P. The number of hydrogen-bond acceptors (Lipinski definition) is 5. The van der Waals surface area contributed by atoms with Crippen LogP contribution in [0.4, 0.5) is 0 Å². The van der Waals surface area contributed by atoms with Crippen LogP contribution in [0.15, 0.2) is 48.5 Å². The zero-order chi connectivity index (χ0) is 28.2. The summed E-state index contributed by atoms with van der Waals surface area (Å²) in [5.74, 6) is -0.828. The first-order chi connectivity index (χ1) is 18.5. The highest BCUT2D eigenvalue weighted by atomic mass is 31.2. The lowest BCUT2D eigenvalue weighted by Gasteiger charge is -2.30. The summed E-state index contributed by atoms with van der Waals surface area (Å²) in [7, 11) is -2.55. The van der Waals surface area contributed by atoms with Crippen molar-refractivity contribution in [2.24, 2.45) is 0 Å². The first-order valence-electron chi connectivity index (χ1n) is 13.3. The van der Waals surface area contributed by atoms with Gasteiger partial charge in [-0.1, -0.05) is 48.5 Å². The van der Waals surface area contributed by atoms with Gasteiger partial charge >= 0.3 is 7.60 Å². The third-order valence-electron chi connectivity index (χ3n) is 7.53. The van der Waals surface area contributed by atoms with E-state index in [1.54, 1.807) is 43.1 Å². The molecule has 1 fully saturated rings. The third-order valence-corrected chi connectivity index (χ3v) is 8.31. The van der Waals surface area contributed by atoms with E-state index in [1.165, 1.54) is 11.1 Å². The zero-order valence-electron chi connectivity index (χ0n) is 22.3. The quantitative estimate of drug-likeness (QED) is 0.277. The number of fused-ring (bicyclic) bond motifs is 1. The van der Waals surface area contributed by atoms with Crippen molar-refractivity contribution in [1.29, 1.82) is 0 Å². The van der Waals surface area contributed by atoms with Gasteiger partial charge in [0, 0.05) is 19.0 Å². The fraction of sp³-hybridized carbons (Fsp3) is 0.464. The molecule has 3 amide bonds. The predicted octanol–water partition coefficient (Wildman–Crippen LogP) is 1.27.